The van der Waals surface area contributed by atoms with Crippen molar-refractivity contribution in [2.45, 2.75) is 10.8 Å². The number of hydrogen-bond donors (Lipinski definition) is 2. The van der Waals surface area contributed by atoms with Gasteiger partial charge in [-0.2, -0.15) is 0 Å². The average molecular weight is 313 g/mol. The number of rotatable bonds is 5. The van der Waals surface area contributed by atoms with Crippen LogP contribution in [-0.4, -0.2) is 22.7 Å². The zero-order valence-corrected chi connectivity index (χ0v) is 12.2. The molecule has 20 heavy (non-hydrogen) atoms. The van der Waals surface area contributed by atoms with Crippen molar-refractivity contribution in [1.82, 2.24) is 5.32 Å². The molecule has 2 amide bonds. The minimum absolute atomic E-state index is 0.278. The second-order valence-electron chi connectivity index (χ2n) is 4.55. The fourth-order valence-corrected chi connectivity index (χ4v) is 2.27. The second kappa shape index (κ2) is 5.85. The fraction of sp³-hybridized carbons (Fsp3) is 0.286. The summed E-state index contributed by atoms with van der Waals surface area (Å²) in [6.07, 6.45) is 2.01. The molecule has 1 aromatic carbocycles. The minimum Gasteiger partial charge on any atom is -0.349 e. The number of benzene rings is 1. The lowest BCUT2D eigenvalue weighted by atomic mass is 10.1. The van der Waals surface area contributed by atoms with Crippen molar-refractivity contribution in [3.8, 4) is 0 Å². The molecule has 2 rings (SSSR count). The number of carbonyl (C=O) groups is 2. The van der Waals surface area contributed by atoms with Gasteiger partial charge in [-0.15, -0.1) is 29.8 Å². The number of anilines is 1. The molecule has 1 aliphatic rings. The van der Waals surface area contributed by atoms with E-state index >= 15 is 0 Å². The molecule has 1 atom stereocenters. The largest absolute Gasteiger partial charge is 0.349 e. The highest BCUT2D eigenvalue weighted by molar-refractivity contribution is 6.52. The maximum atomic E-state index is 12.0. The van der Waals surface area contributed by atoms with Gasteiger partial charge in [-0.05, 0) is 18.6 Å². The third kappa shape index (κ3) is 3.32. The highest BCUT2D eigenvalue weighted by Crippen LogP contribution is 2.53. The summed E-state index contributed by atoms with van der Waals surface area (Å²) in [4.78, 5) is 23.9. The number of amides is 2. The van der Waals surface area contributed by atoms with Crippen LogP contribution >= 0.6 is 23.2 Å². The smallest absolute Gasteiger partial charge is 0.253 e. The summed E-state index contributed by atoms with van der Waals surface area (Å²) in [5.74, 6) is -0.992. The van der Waals surface area contributed by atoms with Gasteiger partial charge in [0.15, 0.2) is 0 Å². The quantitative estimate of drug-likeness (QED) is 0.649. The number of alkyl halides is 2. The zero-order valence-electron chi connectivity index (χ0n) is 10.7. The number of halogens is 2. The van der Waals surface area contributed by atoms with Gasteiger partial charge in [-0.1, -0.05) is 18.2 Å². The Kier molecular flexibility index (Phi) is 4.35. The summed E-state index contributed by atoms with van der Waals surface area (Å²) in [6, 6.07) is 6.76. The van der Waals surface area contributed by atoms with Crippen LogP contribution in [0.25, 0.3) is 0 Å². The van der Waals surface area contributed by atoms with Crippen LogP contribution in [0.1, 0.15) is 16.8 Å². The highest BCUT2D eigenvalue weighted by Gasteiger charge is 2.56. The summed E-state index contributed by atoms with van der Waals surface area (Å²) in [7, 11) is 0. The van der Waals surface area contributed by atoms with Gasteiger partial charge in [0.2, 0.25) is 5.91 Å². The molecule has 1 saturated carbocycles. The monoisotopic (exact) mass is 312 g/mol. The molecule has 0 saturated heterocycles. The molecule has 1 fully saturated rings. The van der Waals surface area contributed by atoms with Crippen LogP contribution in [0.4, 0.5) is 5.69 Å². The van der Waals surface area contributed by atoms with E-state index in [1.165, 1.54) is 0 Å². The summed E-state index contributed by atoms with van der Waals surface area (Å²) in [5, 5.41) is 5.35. The van der Waals surface area contributed by atoms with Gasteiger partial charge in [-0.25, -0.2) is 0 Å². The molecular weight excluding hydrogens is 299 g/mol. The van der Waals surface area contributed by atoms with Gasteiger partial charge in [-0.3, -0.25) is 9.59 Å². The van der Waals surface area contributed by atoms with Gasteiger partial charge >= 0.3 is 0 Å². The van der Waals surface area contributed by atoms with E-state index in [2.05, 4.69) is 17.2 Å². The van der Waals surface area contributed by atoms with Crippen molar-refractivity contribution in [1.29, 1.82) is 0 Å². The van der Waals surface area contributed by atoms with E-state index in [0.717, 1.165) is 0 Å². The van der Waals surface area contributed by atoms with E-state index in [1.807, 2.05) is 0 Å². The van der Waals surface area contributed by atoms with Gasteiger partial charge in [0.25, 0.3) is 5.91 Å². The Morgan fingerprint density at radius 1 is 1.40 bits per heavy atom. The number of para-hydroxylation sites is 1. The molecule has 0 heterocycles. The zero-order chi connectivity index (χ0) is 14.8. The van der Waals surface area contributed by atoms with Crippen molar-refractivity contribution in [2.24, 2.45) is 5.92 Å². The molecule has 0 aliphatic heterocycles. The Hall–Kier alpha value is -1.52. The molecule has 0 bridgehead atoms. The minimum atomic E-state index is -0.982. The first-order chi connectivity index (χ1) is 9.45. The van der Waals surface area contributed by atoms with Crippen LogP contribution in [0, 0.1) is 5.92 Å². The molecule has 106 valence electrons. The summed E-state index contributed by atoms with van der Waals surface area (Å²) in [6.45, 7) is 3.89. The molecule has 4 nitrogen and oxygen atoms in total. The summed E-state index contributed by atoms with van der Waals surface area (Å²) >= 11 is 11.7. The maximum absolute atomic E-state index is 12.0. The van der Waals surface area contributed by atoms with Gasteiger partial charge in [0, 0.05) is 6.54 Å². The van der Waals surface area contributed by atoms with Gasteiger partial charge in [0.05, 0.1) is 17.2 Å². The molecule has 1 aliphatic carbocycles. The van der Waals surface area contributed by atoms with Gasteiger partial charge in [0.1, 0.15) is 4.33 Å². The topological polar surface area (TPSA) is 58.2 Å². The van der Waals surface area contributed by atoms with E-state index < -0.39 is 10.3 Å². The van der Waals surface area contributed by atoms with E-state index in [0.29, 0.717) is 24.2 Å². The predicted molar refractivity (Wildman–Crippen MR) is 80.1 cm³/mol. The molecule has 1 aromatic rings. The van der Waals surface area contributed by atoms with Crippen molar-refractivity contribution in [3.05, 3.63) is 42.5 Å². The molecule has 0 aromatic heterocycles. The van der Waals surface area contributed by atoms with Crippen LogP contribution in [-0.2, 0) is 4.79 Å². The van der Waals surface area contributed by atoms with E-state index in [9.17, 15) is 9.59 Å². The molecule has 6 heteroatoms. The van der Waals surface area contributed by atoms with Crippen LogP contribution in [0.15, 0.2) is 36.9 Å². The standard InChI is InChI=1S/C14H14Cl2N2O2/c1-2-7-17-12(19)9-5-3-4-6-11(9)18-13(20)10-8-14(10,15)16/h2-6,10H,1,7-8H2,(H,17,19)(H,18,20). The number of hydrogen-bond acceptors (Lipinski definition) is 2. The third-order valence-electron chi connectivity index (χ3n) is 2.98. The van der Waals surface area contributed by atoms with Crippen molar-refractivity contribution in [3.63, 3.8) is 0 Å². The Morgan fingerprint density at radius 3 is 2.65 bits per heavy atom. The highest BCUT2D eigenvalue weighted by atomic mass is 35.5. The first-order valence-electron chi connectivity index (χ1n) is 6.12. The number of carbonyl (C=O) groups excluding carboxylic acids is 2. The van der Waals surface area contributed by atoms with E-state index in [-0.39, 0.29) is 11.8 Å². The summed E-state index contributed by atoms with van der Waals surface area (Å²) in [5.41, 5.74) is 0.827. The van der Waals surface area contributed by atoms with Crippen molar-refractivity contribution < 1.29 is 9.59 Å². The molecule has 0 radical (unpaired) electrons. The van der Waals surface area contributed by atoms with Crippen LogP contribution < -0.4 is 10.6 Å². The summed E-state index contributed by atoms with van der Waals surface area (Å²) < 4.78 is -0.982. The SMILES string of the molecule is C=CCNC(=O)c1ccccc1NC(=O)C1CC1(Cl)Cl. The van der Waals surface area contributed by atoms with Crippen LogP contribution in [0.5, 0.6) is 0 Å². The second-order valence-corrected chi connectivity index (χ2v) is 6.09. The molecule has 0 spiro atoms. The molecular formula is C14H14Cl2N2O2. The molecule has 2 N–H and O–H groups in total. The average Bonchev–Trinajstić information content (AvgIpc) is 3.06. The van der Waals surface area contributed by atoms with Crippen molar-refractivity contribution >= 4 is 40.7 Å². The van der Waals surface area contributed by atoms with Crippen molar-refractivity contribution in [2.75, 3.05) is 11.9 Å². The van der Waals surface area contributed by atoms with Crippen LogP contribution in [0.2, 0.25) is 0 Å². The Morgan fingerprint density at radius 2 is 2.05 bits per heavy atom. The Labute approximate surface area is 127 Å². The predicted octanol–water partition coefficient (Wildman–Crippen LogP) is 2.73. The lowest BCUT2D eigenvalue weighted by molar-refractivity contribution is -0.117. The maximum Gasteiger partial charge on any atom is 0.253 e. The lowest BCUT2D eigenvalue weighted by Gasteiger charge is -2.10. The normalized spacial score (nSPS) is 19.0. The first kappa shape index (κ1) is 14.9. The molecule has 1 unspecified atom stereocenters. The first-order valence-corrected chi connectivity index (χ1v) is 6.88. The Bertz CT molecular complexity index is 558. The fourth-order valence-electron chi connectivity index (χ4n) is 1.77. The van der Waals surface area contributed by atoms with Crippen LogP contribution in [0.3, 0.4) is 0 Å². The van der Waals surface area contributed by atoms with E-state index in [1.54, 1.807) is 30.3 Å². The van der Waals surface area contributed by atoms with Gasteiger partial charge < -0.3 is 10.6 Å². The lowest BCUT2D eigenvalue weighted by Crippen LogP contribution is -2.25. The Balaban J connectivity index is 2.10. The third-order valence-corrected chi connectivity index (χ3v) is 3.81. The number of nitrogens with one attached hydrogen (secondary N) is 2. The van der Waals surface area contributed by atoms with E-state index in [4.69, 9.17) is 23.2 Å².